The van der Waals surface area contributed by atoms with E-state index in [-0.39, 0.29) is 29.8 Å². The fourth-order valence-electron chi connectivity index (χ4n) is 2.58. The van der Waals surface area contributed by atoms with Crippen molar-refractivity contribution >= 4 is 41.3 Å². The van der Waals surface area contributed by atoms with Crippen LogP contribution in [0.5, 0.6) is 0 Å². The topological polar surface area (TPSA) is 75.3 Å². The maximum atomic E-state index is 13.0. The monoisotopic (exact) mass is 529 g/mol. The number of rotatable bonds is 8. The van der Waals surface area contributed by atoms with Gasteiger partial charge < -0.3 is 15.1 Å². The third kappa shape index (κ3) is 7.39. The fraction of sp³-hybridized carbons (Fsp3) is 0.350. The second-order valence-electron chi connectivity index (χ2n) is 6.20. The minimum atomic E-state index is -0.278. The summed E-state index contributed by atoms with van der Waals surface area (Å²) >= 11 is 1.71. The smallest absolute Gasteiger partial charge is 0.226 e. The minimum absolute atomic E-state index is 0. The SMILES string of the molecule is CCNC(=NCCc1ncc(C)s1)NCCc1coc(-c2ccc(F)cc2)n1.I. The summed E-state index contributed by atoms with van der Waals surface area (Å²) in [7, 11) is 0. The average Bonchev–Trinajstić information content (AvgIpc) is 3.31. The normalized spacial score (nSPS) is 11.2. The molecule has 6 nitrogen and oxygen atoms in total. The molecule has 0 atom stereocenters. The van der Waals surface area contributed by atoms with Gasteiger partial charge in [0.2, 0.25) is 5.89 Å². The third-order valence-corrected chi connectivity index (χ3v) is 4.90. The lowest BCUT2D eigenvalue weighted by Gasteiger charge is -2.10. The van der Waals surface area contributed by atoms with Gasteiger partial charge in [-0.05, 0) is 38.1 Å². The Balaban J connectivity index is 0.00000300. The molecular weight excluding hydrogens is 504 g/mol. The number of benzene rings is 1. The van der Waals surface area contributed by atoms with Gasteiger partial charge in [0.05, 0.1) is 10.7 Å². The van der Waals surface area contributed by atoms with Crippen molar-refractivity contribution in [3.8, 4) is 11.5 Å². The Morgan fingerprint density at radius 2 is 2.00 bits per heavy atom. The minimum Gasteiger partial charge on any atom is -0.444 e. The summed E-state index contributed by atoms with van der Waals surface area (Å²) in [6, 6.07) is 6.10. The van der Waals surface area contributed by atoms with Crippen molar-refractivity contribution in [1.29, 1.82) is 0 Å². The number of hydrogen-bond donors (Lipinski definition) is 2. The first kappa shape index (κ1) is 23.3. The largest absolute Gasteiger partial charge is 0.444 e. The van der Waals surface area contributed by atoms with Crippen LogP contribution in [-0.4, -0.2) is 35.6 Å². The van der Waals surface area contributed by atoms with Gasteiger partial charge in [-0.25, -0.2) is 14.4 Å². The number of guanidine groups is 1. The lowest BCUT2D eigenvalue weighted by Crippen LogP contribution is -2.38. The highest BCUT2D eigenvalue weighted by molar-refractivity contribution is 14.0. The Bertz CT molecular complexity index is 910. The predicted molar refractivity (Wildman–Crippen MR) is 126 cm³/mol. The Morgan fingerprint density at radius 3 is 2.69 bits per heavy atom. The van der Waals surface area contributed by atoms with E-state index in [0.717, 1.165) is 35.2 Å². The highest BCUT2D eigenvalue weighted by Crippen LogP contribution is 2.19. The number of hydrogen-bond acceptors (Lipinski definition) is 5. The van der Waals surface area contributed by atoms with Gasteiger partial charge in [-0.15, -0.1) is 35.3 Å². The van der Waals surface area contributed by atoms with Crippen LogP contribution in [0.25, 0.3) is 11.5 Å². The molecule has 0 fully saturated rings. The molecule has 9 heteroatoms. The molecule has 0 spiro atoms. The first-order chi connectivity index (χ1) is 13.6. The third-order valence-electron chi connectivity index (χ3n) is 3.93. The summed E-state index contributed by atoms with van der Waals surface area (Å²) in [4.78, 5) is 14.6. The van der Waals surface area contributed by atoms with Crippen LogP contribution in [0.3, 0.4) is 0 Å². The molecule has 3 rings (SSSR count). The van der Waals surface area contributed by atoms with Crippen molar-refractivity contribution in [1.82, 2.24) is 20.6 Å². The van der Waals surface area contributed by atoms with Gasteiger partial charge in [0.15, 0.2) is 5.96 Å². The van der Waals surface area contributed by atoms with Crippen molar-refractivity contribution in [2.24, 2.45) is 4.99 Å². The van der Waals surface area contributed by atoms with E-state index < -0.39 is 0 Å². The molecule has 0 radical (unpaired) electrons. The van der Waals surface area contributed by atoms with E-state index in [1.807, 2.05) is 13.1 Å². The second-order valence-corrected chi connectivity index (χ2v) is 7.52. The first-order valence-electron chi connectivity index (χ1n) is 9.28. The summed E-state index contributed by atoms with van der Waals surface area (Å²) in [6.07, 6.45) is 5.06. The Hall–Kier alpha value is -2.01. The van der Waals surface area contributed by atoms with E-state index in [1.54, 1.807) is 29.7 Å². The highest BCUT2D eigenvalue weighted by atomic mass is 127. The van der Waals surface area contributed by atoms with Crippen LogP contribution in [0.15, 0.2) is 46.1 Å². The van der Waals surface area contributed by atoms with Gasteiger partial charge in [-0.3, -0.25) is 4.99 Å². The van der Waals surface area contributed by atoms with E-state index in [0.29, 0.717) is 25.4 Å². The van der Waals surface area contributed by atoms with Crippen LogP contribution in [0, 0.1) is 12.7 Å². The summed E-state index contributed by atoms with van der Waals surface area (Å²) in [5, 5.41) is 7.65. The molecule has 0 saturated heterocycles. The number of aromatic nitrogens is 2. The van der Waals surface area contributed by atoms with Gasteiger partial charge in [0.1, 0.15) is 12.1 Å². The van der Waals surface area contributed by atoms with Gasteiger partial charge in [0, 0.05) is 49.1 Å². The molecule has 0 aliphatic carbocycles. The van der Waals surface area contributed by atoms with E-state index in [1.165, 1.54) is 17.0 Å². The number of thiazole rings is 1. The molecule has 0 bridgehead atoms. The van der Waals surface area contributed by atoms with Crippen molar-refractivity contribution in [2.75, 3.05) is 19.6 Å². The number of nitrogens with zero attached hydrogens (tertiary/aromatic N) is 3. The van der Waals surface area contributed by atoms with Crippen LogP contribution in [-0.2, 0) is 12.8 Å². The zero-order valence-corrected chi connectivity index (χ0v) is 19.6. The standard InChI is InChI=1S/C20H24FN5OS.HI/c1-3-22-20(24-11-9-18-25-12-14(2)28-18)23-10-8-17-13-27-19(26-17)15-4-6-16(21)7-5-15;/h4-7,12-13H,3,8-11H2,1-2H3,(H2,22,23,24);1H. The Kier molecular flexibility index (Phi) is 9.52. The quantitative estimate of drug-likeness (QED) is 0.260. The molecule has 2 N–H and O–H groups in total. The number of nitrogens with one attached hydrogen (secondary N) is 2. The second kappa shape index (κ2) is 11.9. The van der Waals surface area contributed by atoms with Crippen LogP contribution in [0.4, 0.5) is 4.39 Å². The first-order valence-corrected chi connectivity index (χ1v) is 10.1. The number of aryl methyl sites for hydroxylation is 1. The van der Waals surface area contributed by atoms with E-state index in [2.05, 4.69) is 32.5 Å². The van der Waals surface area contributed by atoms with Crippen molar-refractivity contribution < 1.29 is 8.81 Å². The van der Waals surface area contributed by atoms with Crippen LogP contribution in [0.2, 0.25) is 0 Å². The van der Waals surface area contributed by atoms with Crippen molar-refractivity contribution in [3.63, 3.8) is 0 Å². The molecule has 29 heavy (non-hydrogen) atoms. The predicted octanol–water partition coefficient (Wildman–Crippen LogP) is 4.20. The Morgan fingerprint density at radius 1 is 1.21 bits per heavy atom. The molecule has 3 aromatic rings. The molecule has 0 aliphatic rings. The molecule has 0 aliphatic heterocycles. The van der Waals surface area contributed by atoms with Gasteiger partial charge >= 0.3 is 0 Å². The van der Waals surface area contributed by atoms with Crippen molar-refractivity contribution in [3.05, 3.63) is 58.1 Å². The molecule has 0 unspecified atom stereocenters. The number of oxazole rings is 1. The lowest BCUT2D eigenvalue weighted by atomic mass is 10.2. The zero-order chi connectivity index (χ0) is 19.8. The molecule has 156 valence electrons. The maximum absolute atomic E-state index is 13.0. The zero-order valence-electron chi connectivity index (χ0n) is 16.4. The van der Waals surface area contributed by atoms with E-state index >= 15 is 0 Å². The molecule has 0 saturated carbocycles. The molecular formula is C20H25FIN5OS. The Labute approximate surface area is 191 Å². The lowest BCUT2D eigenvalue weighted by molar-refractivity contribution is 0.571. The summed E-state index contributed by atoms with van der Waals surface area (Å²) in [6.45, 7) is 6.24. The van der Waals surface area contributed by atoms with Crippen molar-refractivity contribution in [2.45, 2.75) is 26.7 Å². The summed E-state index contributed by atoms with van der Waals surface area (Å²) in [5.74, 6) is 0.993. The van der Waals surface area contributed by atoms with Crippen LogP contribution < -0.4 is 10.6 Å². The van der Waals surface area contributed by atoms with E-state index in [9.17, 15) is 4.39 Å². The van der Waals surface area contributed by atoms with Crippen LogP contribution >= 0.6 is 35.3 Å². The van der Waals surface area contributed by atoms with Gasteiger partial charge in [-0.1, -0.05) is 0 Å². The van der Waals surface area contributed by atoms with Gasteiger partial charge in [0.25, 0.3) is 0 Å². The summed E-state index contributed by atoms with van der Waals surface area (Å²) in [5.41, 5.74) is 1.59. The fourth-order valence-corrected chi connectivity index (χ4v) is 3.35. The molecule has 2 aromatic heterocycles. The summed E-state index contributed by atoms with van der Waals surface area (Å²) < 4.78 is 18.5. The molecule has 1 aromatic carbocycles. The number of aliphatic imine (C=N–C) groups is 1. The molecule has 2 heterocycles. The number of halogens is 2. The van der Waals surface area contributed by atoms with E-state index in [4.69, 9.17) is 4.42 Å². The highest BCUT2D eigenvalue weighted by Gasteiger charge is 2.07. The average molecular weight is 529 g/mol. The van der Waals surface area contributed by atoms with Crippen LogP contribution in [0.1, 0.15) is 22.5 Å². The molecule has 0 amide bonds. The van der Waals surface area contributed by atoms with Gasteiger partial charge in [-0.2, -0.15) is 0 Å². The maximum Gasteiger partial charge on any atom is 0.226 e.